The summed E-state index contributed by atoms with van der Waals surface area (Å²) in [6.07, 6.45) is 9.24. The summed E-state index contributed by atoms with van der Waals surface area (Å²) < 4.78 is 0. The van der Waals surface area contributed by atoms with Crippen LogP contribution in [0.3, 0.4) is 0 Å². The first-order chi connectivity index (χ1) is 7.10. The Kier molecular flexibility index (Phi) is 4.15. The predicted molar refractivity (Wildman–Crippen MR) is 63.2 cm³/mol. The molecule has 1 aliphatic carbocycles. The van der Waals surface area contributed by atoms with Crippen molar-refractivity contribution in [1.82, 2.24) is 0 Å². The van der Waals surface area contributed by atoms with Crippen LogP contribution >= 0.6 is 0 Å². The van der Waals surface area contributed by atoms with Gasteiger partial charge in [-0.25, -0.2) is 0 Å². The molecular formula is C14H20O. The van der Waals surface area contributed by atoms with E-state index in [1.807, 2.05) is 0 Å². The van der Waals surface area contributed by atoms with E-state index in [4.69, 9.17) is 6.42 Å². The van der Waals surface area contributed by atoms with Crippen molar-refractivity contribution >= 4 is 6.29 Å². The van der Waals surface area contributed by atoms with Gasteiger partial charge < -0.3 is 4.79 Å². The second-order valence-electron chi connectivity index (χ2n) is 4.86. The number of rotatable bonds is 3. The zero-order valence-corrected chi connectivity index (χ0v) is 9.70. The maximum atomic E-state index is 11.1. The van der Waals surface area contributed by atoms with Crippen molar-refractivity contribution in [3.8, 4) is 12.3 Å². The van der Waals surface area contributed by atoms with E-state index < -0.39 is 0 Å². The predicted octanol–water partition coefficient (Wildman–Crippen LogP) is 3.06. The smallest absolute Gasteiger partial charge is 0.123 e. The molecule has 0 heterocycles. The number of allylic oxidation sites excluding steroid dienone is 1. The molecule has 4 atom stereocenters. The molecule has 0 aromatic rings. The molecule has 1 heteroatoms. The highest BCUT2D eigenvalue weighted by Crippen LogP contribution is 2.41. The minimum absolute atomic E-state index is 0.131. The van der Waals surface area contributed by atoms with Gasteiger partial charge in [-0.3, -0.25) is 0 Å². The number of hydrogen-bond acceptors (Lipinski definition) is 1. The molecule has 0 radical (unpaired) electrons. The Bertz CT molecular complexity index is 284. The molecule has 0 aromatic heterocycles. The lowest BCUT2D eigenvalue weighted by molar-refractivity contribution is -0.114. The number of terminal acetylenes is 1. The van der Waals surface area contributed by atoms with Crippen molar-refractivity contribution in [2.75, 3.05) is 0 Å². The van der Waals surface area contributed by atoms with E-state index in [9.17, 15) is 4.79 Å². The van der Waals surface area contributed by atoms with Crippen LogP contribution in [-0.2, 0) is 4.79 Å². The van der Waals surface area contributed by atoms with E-state index >= 15 is 0 Å². The first-order valence-corrected chi connectivity index (χ1v) is 5.64. The molecule has 1 nitrogen and oxygen atoms in total. The molecule has 1 fully saturated rings. The largest absolute Gasteiger partial charge is 0.303 e. The Morgan fingerprint density at radius 3 is 2.73 bits per heavy atom. The van der Waals surface area contributed by atoms with Crippen molar-refractivity contribution < 1.29 is 4.79 Å². The van der Waals surface area contributed by atoms with Crippen molar-refractivity contribution in [3.05, 3.63) is 12.2 Å². The summed E-state index contributed by atoms with van der Waals surface area (Å²) in [6, 6.07) is 0. The van der Waals surface area contributed by atoms with Crippen molar-refractivity contribution in [2.24, 2.45) is 23.7 Å². The van der Waals surface area contributed by atoms with Gasteiger partial charge in [-0.1, -0.05) is 19.1 Å². The fraction of sp³-hybridized carbons (Fsp3) is 0.643. The van der Waals surface area contributed by atoms with Crippen LogP contribution in [0.1, 0.15) is 33.1 Å². The van der Waals surface area contributed by atoms with Crippen LogP contribution in [0.5, 0.6) is 0 Å². The molecule has 0 spiro atoms. The maximum absolute atomic E-state index is 11.1. The van der Waals surface area contributed by atoms with Crippen LogP contribution in [-0.4, -0.2) is 6.29 Å². The normalized spacial score (nSPS) is 35.5. The molecule has 0 amide bonds. The molecule has 4 unspecified atom stereocenters. The van der Waals surface area contributed by atoms with Gasteiger partial charge in [0.2, 0.25) is 0 Å². The van der Waals surface area contributed by atoms with Gasteiger partial charge in [-0.05, 0) is 37.5 Å². The van der Waals surface area contributed by atoms with Crippen LogP contribution in [0.15, 0.2) is 12.2 Å². The van der Waals surface area contributed by atoms with Gasteiger partial charge in [0.15, 0.2) is 0 Å². The Balaban J connectivity index is 2.75. The SMILES string of the molecule is C#CCC1C(C)CC(C(=C)C)CC1C=O. The van der Waals surface area contributed by atoms with Crippen LogP contribution in [0, 0.1) is 36.0 Å². The summed E-state index contributed by atoms with van der Waals surface area (Å²) in [7, 11) is 0. The average molecular weight is 204 g/mol. The lowest BCUT2D eigenvalue weighted by Gasteiger charge is -2.37. The van der Waals surface area contributed by atoms with E-state index in [0.29, 0.717) is 17.8 Å². The molecule has 1 saturated carbocycles. The van der Waals surface area contributed by atoms with E-state index in [1.165, 1.54) is 5.57 Å². The highest BCUT2D eigenvalue weighted by molar-refractivity contribution is 5.54. The van der Waals surface area contributed by atoms with Crippen LogP contribution in [0.4, 0.5) is 0 Å². The molecule has 0 saturated heterocycles. The van der Waals surface area contributed by atoms with E-state index in [-0.39, 0.29) is 5.92 Å². The fourth-order valence-corrected chi connectivity index (χ4v) is 2.69. The minimum Gasteiger partial charge on any atom is -0.303 e. The highest BCUT2D eigenvalue weighted by Gasteiger charge is 2.34. The quantitative estimate of drug-likeness (QED) is 0.392. The summed E-state index contributed by atoms with van der Waals surface area (Å²) in [5.41, 5.74) is 1.20. The Morgan fingerprint density at radius 1 is 1.60 bits per heavy atom. The van der Waals surface area contributed by atoms with Crippen molar-refractivity contribution in [1.29, 1.82) is 0 Å². The van der Waals surface area contributed by atoms with Crippen LogP contribution in [0.2, 0.25) is 0 Å². The average Bonchev–Trinajstić information content (AvgIpc) is 2.20. The summed E-state index contributed by atoms with van der Waals surface area (Å²) >= 11 is 0. The van der Waals surface area contributed by atoms with E-state index in [1.54, 1.807) is 0 Å². The maximum Gasteiger partial charge on any atom is 0.123 e. The number of carbonyl (C=O) groups excluding carboxylic acids is 1. The Labute approximate surface area is 92.9 Å². The van der Waals surface area contributed by atoms with Gasteiger partial charge in [0.05, 0.1) is 0 Å². The summed E-state index contributed by atoms with van der Waals surface area (Å²) in [5, 5.41) is 0. The third kappa shape index (κ3) is 2.72. The molecule has 1 aliphatic rings. The topological polar surface area (TPSA) is 17.1 Å². The first kappa shape index (κ1) is 12.0. The van der Waals surface area contributed by atoms with Crippen LogP contribution < -0.4 is 0 Å². The highest BCUT2D eigenvalue weighted by atomic mass is 16.1. The molecular weight excluding hydrogens is 184 g/mol. The van der Waals surface area contributed by atoms with E-state index in [2.05, 4.69) is 26.3 Å². The summed E-state index contributed by atoms with van der Waals surface area (Å²) in [5.74, 6) is 4.24. The van der Waals surface area contributed by atoms with Gasteiger partial charge in [-0.2, -0.15) is 0 Å². The second-order valence-corrected chi connectivity index (χ2v) is 4.86. The van der Waals surface area contributed by atoms with Gasteiger partial charge >= 0.3 is 0 Å². The zero-order valence-electron chi connectivity index (χ0n) is 9.70. The fourth-order valence-electron chi connectivity index (χ4n) is 2.69. The minimum atomic E-state index is 0.131. The standard InChI is InChI=1S/C14H20O/c1-5-6-14-11(4)7-12(10(2)3)8-13(14)9-15/h1,9,11-14H,2,6-8H2,3-4H3. The summed E-state index contributed by atoms with van der Waals surface area (Å²) in [6.45, 7) is 8.26. The van der Waals surface area contributed by atoms with Crippen LogP contribution in [0.25, 0.3) is 0 Å². The second kappa shape index (κ2) is 5.16. The number of carbonyl (C=O) groups is 1. The third-order valence-corrected chi connectivity index (χ3v) is 3.72. The Morgan fingerprint density at radius 2 is 2.27 bits per heavy atom. The van der Waals surface area contributed by atoms with Crippen molar-refractivity contribution in [2.45, 2.75) is 33.1 Å². The lowest BCUT2D eigenvalue weighted by atomic mass is 9.66. The molecule has 0 N–H and O–H groups in total. The molecule has 82 valence electrons. The molecule has 0 aromatic carbocycles. The molecule has 15 heavy (non-hydrogen) atoms. The molecule has 0 aliphatic heterocycles. The zero-order chi connectivity index (χ0) is 11.4. The van der Waals surface area contributed by atoms with Crippen molar-refractivity contribution in [3.63, 3.8) is 0 Å². The Hall–Kier alpha value is -1.03. The monoisotopic (exact) mass is 204 g/mol. The van der Waals surface area contributed by atoms with Gasteiger partial charge in [0, 0.05) is 12.3 Å². The van der Waals surface area contributed by atoms with Gasteiger partial charge in [0.25, 0.3) is 0 Å². The van der Waals surface area contributed by atoms with Gasteiger partial charge in [0.1, 0.15) is 6.29 Å². The summed E-state index contributed by atoms with van der Waals surface area (Å²) in [4.78, 5) is 11.1. The molecule has 1 rings (SSSR count). The number of aldehydes is 1. The first-order valence-electron chi connectivity index (χ1n) is 5.64. The van der Waals surface area contributed by atoms with Gasteiger partial charge in [-0.15, -0.1) is 12.3 Å². The third-order valence-electron chi connectivity index (χ3n) is 3.72. The lowest BCUT2D eigenvalue weighted by Crippen LogP contribution is -2.32. The molecule has 0 bridgehead atoms. The number of hydrogen-bond donors (Lipinski definition) is 0. The van der Waals surface area contributed by atoms with E-state index in [0.717, 1.165) is 25.5 Å².